The molecular formula is C16H19NO. The van der Waals surface area contributed by atoms with Gasteiger partial charge in [0.25, 0.3) is 0 Å². The highest BCUT2D eigenvalue weighted by molar-refractivity contribution is 5.55. The number of hydrogen-bond donors (Lipinski definition) is 2. The first-order chi connectivity index (χ1) is 8.59. The Balaban J connectivity index is 2.24. The first kappa shape index (κ1) is 12.5. The zero-order valence-electron chi connectivity index (χ0n) is 11.1. The predicted molar refractivity (Wildman–Crippen MR) is 76.1 cm³/mol. The maximum Gasteiger partial charge on any atom is 0.120 e. The lowest BCUT2D eigenvalue weighted by atomic mass is 10.0. The van der Waals surface area contributed by atoms with Gasteiger partial charge in [-0.15, -0.1) is 0 Å². The van der Waals surface area contributed by atoms with Crippen LogP contribution in [0.2, 0.25) is 0 Å². The van der Waals surface area contributed by atoms with Crippen molar-refractivity contribution in [3.8, 4) is 5.75 Å². The summed E-state index contributed by atoms with van der Waals surface area (Å²) in [6, 6.07) is 13.7. The SMILES string of the molecule is Cc1cccc(NC(C)c2ccccc2O)c1C. The molecule has 0 aliphatic carbocycles. The molecule has 2 heteroatoms. The average Bonchev–Trinajstić information content (AvgIpc) is 2.35. The summed E-state index contributed by atoms with van der Waals surface area (Å²) in [5.41, 5.74) is 4.55. The van der Waals surface area contributed by atoms with Gasteiger partial charge in [-0.2, -0.15) is 0 Å². The summed E-state index contributed by atoms with van der Waals surface area (Å²) >= 11 is 0. The van der Waals surface area contributed by atoms with E-state index in [-0.39, 0.29) is 6.04 Å². The average molecular weight is 241 g/mol. The van der Waals surface area contributed by atoms with E-state index in [4.69, 9.17) is 0 Å². The first-order valence-corrected chi connectivity index (χ1v) is 6.20. The topological polar surface area (TPSA) is 32.3 Å². The number of aryl methyl sites for hydroxylation is 1. The minimum absolute atomic E-state index is 0.0756. The lowest BCUT2D eigenvalue weighted by Crippen LogP contribution is -2.08. The molecule has 18 heavy (non-hydrogen) atoms. The van der Waals surface area contributed by atoms with Gasteiger partial charge in [-0.3, -0.25) is 0 Å². The Hall–Kier alpha value is -1.96. The van der Waals surface area contributed by atoms with Crippen LogP contribution in [0.15, 0.2) is 42.5 Å². The number of phenols is 1. The van der Waals surface area contributed by atoms with Crippen LogP contribution in [0, 0.1) is 13.8 Å². The summed E-state index contributed by atoms with van der Waals surface area (Å²) in [5.74, 6) is 0.336. The smallest absolute Gasteiger partial charge is 0.120 e. The summed E-state index contributed by atoms with van der Waals surface area (Å²) in [5, 5.41) is 13.3. The van der Waals surface area contributed by atoms with Crippen molar-refractivity contribution >= 4 is 5.69 Å². The largest absolute Gasteiger partial charge is 0.508 e. The van der Waals surface area contributed by atoms with Gasteiger partial charge >= 0.3 is 0 Å². The summed E-state index contributed by atoms with van der Waals surface area (Å²) < 4.78 is 0. The summed E-state index contributed by atoms with van der Waals surface area (Å²) in [6.07, 6.45) is 0. The minimum Gasteiger partial charge on any atom is -0.508 e. The van der Waals surface area contributed by atoms with Crippen LogP contribution in [0.3, 0.4) is 0 Å². The summed E-state index contributed by atoms with van der Waals surface area (Å²) in [7, 11) is 0. The lowest BCUT2D eigenvalue weighted by molar-refractivity contribution is 0.465. The Kier molecular flexibility index (Phi) is 3.56. The van der Waals surface area contributed by atoms with Crippen LogP contribution in [0.1, 0.15) is 29.7 Å². The Morgan fingerprint density at radius 2 is 1.72 bits per heavy atom. The quantitative estimate of drug-likeness (QED) is 0.844. The van der Waals surface area contributed by atoms with Crippen LogP contribution in [0.25, 0.3) is 0 Å². The maximum atomic E-state index is 9.84. The second kappa shape index (κ2) is 5.13. The summed E-state index contributed by atoms with van der Waals surface area (Å²) in [6.45, 7) is 6.26. The molecule has 1 atom stereocenters. The van der Waals surface area contributed by atoms with Crippen molar-refractivity contribution in [1.29, 1.82) is 0 Å². The van der Waals surface area contributed by atoms with Gasteiger partial charge < -0.3 is 10.4 Å². The standard InChI is InChI=1S/C16H19NO/c1-11-7-6-9-15(12(11)2)17-13(3)14-8-4-5-10-16(14)18/h4-10,13,17-18H,1-3H3. The van der Waals surface area contributed by atoms with Gasteiger partial charge in [0.1, 0.15) is 5.75 Å². The van der Waals surface area contributed by atoms with Crippen LogP contribution in [-0.4, -0.2) is 5.11 Å². The molecule has 2 aromatic carbocycles. The molecule has 1 unspecified atom stereocenters. The van der Waals surface area contributed by atoms with Crippen molar-refractivity contribution in [1.82, 2.24) is 0 Å². The third kappa shape index (κ3) is 2.48. The van der Waals surface area contributed by atoms with E-state index in [1.807, 2.05) is 24.3 Å². The molecule has 0 radical (unpaired) electrons. The Labute approximate surface area is 108 Å². The number of anilines is 1. The van der Waals surface area contributed by atoms with Gasteiger partial charge in [-0.25, -0.2) is 0 Å². The third-order valence-electron chi connectivity index (χ3n) is 3.38. The Morgan fingerprint density at radius 1 is 1.00 bits per heavy atom. The van der Waals surface area contributed by atoms with E-state index in [1.54, 1.807) is 6.07 Å². The molecule has 2 rings (SSSR count). The number of benzene rings is 2. The molecule has 0 heterocycles. The van der Waals surface area contributed by atoms with Crippen molar-refractivity contribution in [3.05, 3.63) is 59.2 Å². The van der Waals surface area contributed by atoms with Crippen LogP contribution in [-0.2, 0) is 0 Å². The fourth-order valence-electron chi connectivity index (χ4n) is 2.07. The molecule has 2 aromatic rings. The molecule has 2 N–H and O–H groups in total. The van der Waals surface area contributed by atoms with Gasteiger partial charge in [0.15, 0.2) is 0 Å². The highest BCUT2D eigenvalue weighted by atomic mass is 16.3. The number of para-hydroxylation sites is 1. The van der Waals surface area contributed by atoms with Gasteiger partial charge in [0.05, 0.1) is 6.04 Å². The number of hydrogen-bond acceptors (Lipinski definition) is 2. The molecule has 94 valence electrons. The van der Waals surface area contributed by atoms with E-state index in [9.17, 15) is 5.11 Å². The molecule has 0 aromatic heterocycles. The Morgan fingerprint density at radius 3 is 2.44 bits per heavy atom. The second-order valence-electron chi connectivity index (χ2n) is 4.67. The molecule has 0 saturated heterocycles. The number of aromatic hydroxyl groups is 1. The summed E-state index contributed by atoms with van der Waals surface area (Å²) in [4.78, 5) is 0. The Bertz CT molecular complexity index is 549. The van der Waals surface area contributed by atoms with E-state index in [2.05, 4.69) is 38.2 Å². The van der Waals surface area contributed by atoms with E-state index < -0.39 is 0 Å². The molecule has 2 nitrogen and oxygen atoms in total. The number of phenolic OH excluding ortho intramolecular Hbond substituents is 1. The van der Waals surface area contributed by atoms with Gasteiger partial charge in [-0.05, 0) is 44.0 Å². The first-order valence-electron chi connectivity index (χ1n) is 6.20. The molecule has 0 aliphatic heterocycles. The molecule has 0 spiro atoms. The fraction of sp³-hybridized carbons (Fsp3) is 0.250. The van der Waals surface area contributed by atoms with Crippen molar-refractivity contribution in [2.75, 3.05) is 5.32 Å². The maximum absolute atomic E-state index is 9.84. The molecule has 0 amide bonds. The highest BCUT2D eigenvalue weighted by Crippen LogP contribution is 2.28. The van der Waals surface area contributed by atoms with Crippen molar-refractivity contribution < 1.29 is 5.11 Å². The zero-order chi connectivity index (χ0) is 13.1. The predicted octanol–water partition coefficient (Wildman–Crippen LogP) is 4.18. The monoisotopic (exact) mass is 241 g/mol. The van der Waals surface area contributed by atoms with Crippen LogP contribution in [0.4, 0.5) is 5.69 Å². The van der Waals surface area contributed by atoms with Crippen LogP contribution >= 0.6 is 0 Å². The lowest BCUT2D eigenvalue weighted by Gasteiger charge is -2.19. The number of rotatable bonds is 3. The second-order valence-corrected chi connectivity index (χ2v) is 4.67. The highest BCUT2D eigenvalue weighted by Gasteiger charge is 2.10. The van der Waals surface area contributed by atoms with E-state index in [0.717, 1.165) is 11.3 Å². The molecule has 0 fully saturated rings. The molecular weight excluding hydrogens is 222 g/mol. The van der Waals surface area contributed by atoms with E-state index >= 15 is 0 Å². The van der Waals surface area contributed by atoms with E-state index in [1.165, 1.54) is 11.1 Å². The molecule has 0 saturated carbocycles. The normalized spacial score (nSPS) is 12.2. The zero-order valence-corrected chi connectivity index (χ0v) is 11.1. The van der Waals surface area contributed by atoms with E-state index in [0.29, 0.717) is 5.75 Å². The van der Waals surface area contributed by atoms with Crippen molar-refractivity contribution in [2.24, 2.45) is 0 Å². The fourth-order valence-corrected chi connectivity index (χ4v) is 2.07. The molecule has 0 aliphatic rings. The van der Waals surface area contributed by atoms with Crippen LogP contribution < -0.4 is 5.32 Å². The van der Waals surface area contributed by atoms with Crippen LogP contribution in [0.5, 0.6) is 5.75 Å². The van der Waals surface area contributed by atoms with Gasteiger partial charge in [0, 0.05) is 11.3 Å². The van der Waals surface area contributed by atoms with Crippen molar-refractivity contribution in [3.63, 3.8) is 0 Å². The minimum atomic E-state index is 0.0756. The van der Waals surface area contributed by atoms with Crippen molar-refractivity contribution in [2.45, 2.75) is 26.8 Å². The van der Waals surface area contributed by atoms with Gasteiger partial charge in [0.2, 0.25) is 0 Å². The molecule has 0 bridgehead atoms. The van der Waals surface area contributed by atoms with Gasteiger partial charge in [-0.1, -0.05) is 30.3 Å². The third-order valence-corrected chi connectivity index (χ3v) is 3.38. The number of nitrogens with one attached hydrogen (secondary N) is 1.